The zero-order chi connectivity index (χ0) is 8.97. The van der Waals surface area contributed by atoms with E-state index in [1.807, 2.05) is 0 Å². The number of aromatic nitrogens is 2. The van der Waals surface area contributed by atoms with Gasteiger partial charge in [-0.25, -0.2) is 0 Å². The van der Waals surface area contributed by atoms with Gasteiger partial charge in [0, 0.05) is 6.07 Å². The van der Waals surface area contributed by atoms with E-state index in [0.717, 1.165) is 0 Å². The summed E-state index contributed by atoms with van der Waals surface area (Å²) in [6, 6.07) is 3.33. The molecule has 0 aliphatic rings. The molecule has 0 aliphatic heterocycles. The molecule has 0 atom stereocenters. The summed E-state index contributed by atoms with van der Waals surface area (Å²) >= 11 is 4.61. The van der Waals surface area contributed by atoms with Crippen LogP contribution in [-0.4, -0.2) is 22.4 Å². The SMILES string of the molecule is COc1ccc(NC(N)=S)nn1. The van der Waals surface area contributed by atoms with Gasteiger partial charge in [0.1, 0.15) is 0 Å². The largest absolute Gasteiger partial charge is 0.480 e. The van der Waals surface area contributed by atoms with Crippen molar-refractivity contribution < 1.29 is 4.74 Å². The van der Waals surface area contributed by atoms with Crippen molar-refractivity contribution in [2.45, 2.75) is 0 Å². The van der Waals surface area contributed by atoms with Crippen molar-refractivity contribution in [3.8, 4) is 5.88 Å². The molecule has 0 bridgehead atoms. The molecule has 64 valence electrons. The van der Waals surface area contributed by atoms with Crippen LogP contribution in [0.25, 0.3) is 0 Å². The highest BCUT2D eigenvalue weighted by molar-refractivity contribution is 7.80. The number of nitrogens with one attached hydrogen (secondary N) is 1. The van der Waals surface area contributed by atoms with E-state index in [1.54, 1.807) is 12.1 Å². The molecule has 0 fully saturated rings. The fourth-order valence-corrected chi connectivity index (χ4v) is 0.726. The third kappa shape index (κ3) is 2.31. The number of rotatable bonds is 2. The molecule has 0 saturated carbocycles. The molecule has 3 N–H and O–H groups in total. The van der Waals surface area contributed by atoms with E-state index in [2.05, 4.69) is 27.7 Å². The van der Waals surface area contributed by atoms with Crippen molar-refractivity contribution in [2.75, 3.05) is 12.4 Å². The lowest BCUT2D eigenvalue weighted by atomic mass is 10.5. The maximum absolute atomic E-state index is 5.22. The number of anilines is 1. The second-order valence-corrected chi connectivity index (χ2v) is 2.39. The molecule has 0 radical (unpaired) electrons. The molecule has 6 heteroatoms. The first-order chi connectivity index (χ1) is 5.72. The second-order valence-electron chi connectivity index (χ2n) is 1.95. The predicted molar refractivity (Wildman–Crippen MR) is 49.0 cm³/mol. The van der Waals surface area contributed by atoms with Gasteiger partial charge in [0.05, 0.1) is 7.11 Å². The first-order valence-corrected chi connectivity index (χ1v) is 3.57. The first-order valence-electron chi connectivity index (χ1n) is 3.16. The molecule has 0 saturated heterocycles. The van der Waals surface area contributed by atoms with Crippen molar-refractivity contribution in [3.63, 3.8) is 0 Å². The number of thiocarbonyl (C=S) groups is 1. The minimum Gasteiger partial charge on any atom is -0.480 e. The Kier molecular flexibility index (Phi) is 2.76. The lowest BCUT2D eigenvalue weighted by Gasteiger charge is -2.01. The number of ether oxygens (including phenoxy) is 1. The van der Waals surface area contributed by atoms with Gasteiger partial charge in [-0.15, -0.1) is 10.2 Å². The van der Waals surface area contributed by atoms with Gasteiger partial charge in [-0.2, -0.15) is 0 Å². The minimum atomic E-state index is 0.162. The molecule has 0 amide bonds. The number of methoxy groups -OCH3 is 1. The fraction of sp³-hybridized carbons (Fsp3) is 0.167. The standard InChI is InChI=1S/C6H8N4OS/c1-11-5-3-2-4(9-10-5)8-6(7)12/h2-3H,1H3,(H3,7,8,9,12). The molecule has 0 aromatic carbocycles. The Balaban J connectivity index is 2.71. The summed E-state index contributed by atoms with van der Waals surface area (Å²) in [5.74, 6) is 0.951. The first kappa shape index (κ1) is 8.66. The van der Waals surface area contributed by atoms with Crippen LogP contribution >= 0.6 is 12.2 Å². The van der Waals surface area contributed by atoms with Crippen LogP contribution in [-0.2, 0) is 0 Å². The molecule has 1 rings (SSSR count). The number of nitrogens with two attached hydrogens (primary N) is 1. The molecule has 0 unspecified atom stereocenters. The maximum atomic E-state index is 5.22. The predicted octanol–water partition coefficient (Wildman–Crippen LogP) is 0.141. The summed E-state index contributed by atoms with van der Waals surface area (Å²) in [5, 5.41) is 10.2. The van der Waals surface area contributed by atoms with Gasteiger partial charge in [0.25, 0.3) is 0 Å². The van der Waals surface area contributed by atoms with Crippen molar-refractivity contribution in [2.24, 2.45) is 5.73 Å². The van der Waals surface area contributed by atoms with E-state index in [-0.39, 0.29) is 5.11 Å². The zero-order valence-corrected chi connectivity index (χ0v) is 7.26. The van der Waals surface area contributed by atoms with E-state index in [0.29, 0.717) is 11.7 Å². The Labute approximate surface area is 74.9 Å². The van der Waals surface area contributed by atoms with Crippen LogP contribution in [0, 0.1) is 0 Å². The molecular formula is C6H8N4OS. The zero-order valence-electron chi connectivity index (χ0n) is 6.44. The van der Waals surface area contributed by atoms with E-state index >= 15 is 0 Å². The van der Waals surface area contributed by atoms with Gasteiger partial charge in [-0.3, -0.25) is 0 Å². The summed E-state index contributed by atoms with van der Waals surface area (Å²) in [6.07, 6.45) is 0. The summed E-state index contributed by atoms with van der Waals surface area (Å²) in [6.45, 7) is 0. The summed E-state index contributed by atoms with van der Waals surface area (Å²) in [5.41, 5.74) is 5.22. The van der Waals surface area contributed by atoms with Gasteiger partial charge < -0.3 is 15.8 Å². The third-order valence-corrected chi connectivity index (χ3v) is 1.20. The van der Waals surface area contributed by atoms with Crippen molar-refractivity contribution in [3.05, 3.63) is 12.1 Å². The topological polar surface area (TPSA) is 73.1 Å². The fourth-order valence-electron chi connectivity index (χ4n) is 0.622. The number of hydrogen-bond acceptors (Lipinski definition) is 4. The molecule has 5 nitrogen and oxygen atoms in total. The van der Waals surface area contributed by atoms with Crippen LogP contribution in [0.5, 0.6) is 5.88 Å². The normalized spacial score (nSPS) is 9.08. The Hall–Kier alpha value is -1.43. The Morgan fingerprint density at radius 1 is 1.58 bits per heavy atom. The van der Waals surface area contributed by atoms with Gasteiger partial charge in [-0.1, -0.05) is 0 Å². The van der Waals surface area contributed by atoms with Gasteiger partial charge in [0.15, 0.2) is 10.9 Å². The van der Waals surface area contributed by atoms with Crippen molar-refractivity contribution >= 4 is 23.1 Å². The average Bonchev–Trinajstić information content (AvgIpc) is 2.05. The molecule has 0 aliphatic carbocycles. The van der Waals surface area contributed by atoms with E-state index in [9.17, 15) is 0 Å². The van der Waals surface area contributed by atoms with Crippen LogP contribution in [0.15, 0.2) is 12.1 Å². The third-order valence-electron chi connectivity index (χ3n) is 1.10. The van der Waals surface area contributed by atoms with Crippen LogP contribution in [0.3, 0.4) is 0 Å². The average molecular weight is 184 g/mol. The molecule has 1 aromatic rings. The highest BCUT2D eigenvalue weighted by atomic mass is 32.1. The lowest BCUT2D eigenvalue weighted by Crippen LogP contribution is -2.19. The Bertz CT molecular complexity index is 273. The quantitative estimate of drug-likeness (QED) is 0.637. The van der Waals surface area contributed by atoms with Gasteiger partial charge in [0.2, 0.25) is 5.88 Å². The van der Waals surface area contributed by atoms with Crippen LogP contribution in [0.2, 0.25) is 0 Å². The summed E-state index contributed by atoms with van der Waals surface area (Å²) in [4.78, 5) is 0. The monoisotopic (exact) mass is 184 g/mol. The molecule has 12 heavy (non-hydrogen) atoms. The minimum absolute atomic E-state index is 0.162. The summed E-state index contributed by atoms with van der Waals surface area (Å²) < 4.78 is 4.81. The van der Waals surface area contributed by atoms with E-state index < -0.39 is 0 Å². The molecular weight excluding hydrogens is 176 g/mol. The van der Waals surface area contributed by atoms with Crippen molar-refractivity contribution in [1.82, 2.24) is 10.2 Å². The summed E-state index contributed by atoms with van der Waals surface area (Å²) in [7, 11) is 1.52. The van der Waals surface area contributed by atoms with Crippen LogP contribution in [0.4, 0.5) is 5.82 Å². The van der Waals surface area contributed by atoms with E-state index in [4.69, 9.17) is 10.5 Å². The van der Waals surface area contributed by atoms with Gasteiger partial charge in [-0.05, 0) is 18.3 Å². The molecule has 1 aromatic heterocycles. The smallest absolute Gasteiger partial charge is 0.233 e. The Morgan fingerprint density at radius 3 is 2.75 bits per heavy atom. The lowest BCUT2D eigenvalue weighted by molar-refractivity contribution is 0.392. The Morgan fingerprint density at radius 2 is 2.33 bits per heavy atom. The van der Waals surface area contributed by atoms with Crippen LogP contribution in [0.1, 0.15) is 0 Å². The van der Waals surface area contributed by atoms with E-state index in [1.165, 1.54) is 7.11 Å². The number of nitrogens with zero attached hydrogens (tertiary/aromatic N) is 2. The van der Waals surface area contributed by atoms with Crippen molar-refractivity contribution in [1.29, 1.82) is 0 Å². The highest BCUT2D eigenvalue weighted by Crippen LogP contribution is 2.06. The molecule has 1 heterocycles. The number of hydrogen-bond donors (Lipinski definition) is 2. The maximum Gasteiger partial charge on any atom is 0.233 e. The van der Waals surface area contributed by atoms with Crippen LogP contribution < -0.4 is 15.8 Å². The second kappa shape index (κ2) is 3.82. The highest BCUT2D eigenvalue weighted by Gasteiger charge is 1.96. The molecule has 0 spiro atoms. The van der Waals surface area contributed by atoms with Gasteiger partial charge >= 0.3 is 0 Å².